The van der Waals surface area contributed by atoms with E-state index < -0.39 is 6.10 Å². The van der Waals surface area contributed by atoms with Gasteiger partial charge in [-0.15, -0.1) is 0 Å². The third-order valence-electron chi connectivity index (χ3n) is 3.59. The molecule has 0 aromatic heterocycles. The van der Waals surface area contributed by atoms with Crippen LogP contribution in [0.1, 0.15) is 37.9 Å². The number of halogens is 1. The summed E-state index contributed by atoms with van der Waals surface area (Å²) >= 11 is 3.44. The van der Waals surface area contributed by atoms with E-state index in [1.807, 2.05) is 18.2 Å². The average molecular weight is 314 g/mol. The molecule has 1 aliphatic heterocycles. The lowest BCUT2D eigenvalue weighted by Gasteiger charge is -2.38. The van der Waals surface area contributed by atoms with Gasteiger partial charge in [0, 0.05) is 22.3 Å². The van der Waals surface area contributed by atoms with Crippen molar-refractivity contribution in [2.24, 2.45) is 0 Å². The van der Waals surface area contributed by atoms with Crippen molar-refractivity contribution in [1.29, 1.82) is 0 Å². The number of aliphatic hydroxyl groups excluding tert-OH is 2. The lowest BCUT2D eigenvalue weighted by Crippen LogP contribution is -2.42. The van der Waals surface area contributed by atoms with Crippen molar-refractivity contribution in [3.8, 4) is 0 Å². The minimum Gasteiger partial charge on any atom is -0.394 e. The predicted octanol–water partition coefficient (Wildman–Crippen LogP) is 2.85. The molecular weight excluding hydrogens is 294 g/mol. The third kappa shape index (κ3) is 2.87. The predicted molar refractivity (Wildman–Crippen MR) is 76.8 cm³/mol. The fourth-order valence-corrected chi connectivity index (χ4v) is 3.01. The lowest BCUT2D eigenvalue weighted by molar-refractivity contribution is 0.198. The average Bonchev–Trinajstić information content (AvgIpc) is 2.38. The molecule has 2 atom stereocenters. The number of benzene rings is 1. The molecule has 0 radical (unpaired) electrons. The van der Waals surface area contributed by atoms with Crippen LogP contribution in [0.3, 0.4) is 0 Å². The number of hydrogen-bond donors (Lipinski definition) is 2. The largest absolute Gasteiger partial charge is 0.394 e. The van der Waals surface area contributed by atoms with Crippen LogP contribution in [0.15, 0.2) is 22.7 Å². The molecule has 0 aliphatic carbocycles. The van der Waals surface area contributed by atoms with Gasteiger partial charge in [0.05, 0.1) is 18.8 Å². The van der Waals surface area contributed by atoms with Gasteiger partial charge < -0.3 is 15.1 Å². The summed E-state index contributed by atoms with van der Waals surface area (Å²) in [6.07, 6.45) is 2.83. The smallest absolute Gasteiger partial charge is 0.0782 e. The number of rotatable bonds is 3. The SMILES string of the molecule is CC(O)c1cc(Br)ccc1N1CCCCC1CO. The highest BCUT2D eigenvalue weighted by atomic mass is 79.9. The Morgan fingerprint density at radius 1 is 1.44 bits per heavy atom. The van der Waals surface area contributed by atoms with Gasteiger partial charge in [0.25, 0.3) is 0 Å². The third-order valence-corrected chi connectivity index (χ3v) is 4.08. The molecule has 3 nitrogen and oxygen atoms in total. The second kappa shape index (κ2) is 6.04. The van der Waals surface area contributed by atoms with Gasteiger partial charge in [-0.1, -0.05) is 15.9 Å². The Hall–Kier alpha value is -0.580. The maximum atomic E-state index is 9.91. The highest BCUT2D eigenvalue weighted by molar-refractivity contribution is 9.10. The quantitative estimate of drug-likeness (QED) is 0.902. The second-order valence-corrected chi connectivity index (χ2v) is 5.82. The minimum atomic E-state index is -0.501. The Morgan fingerprint density at radius 3 is 2.89 bits per heavy atom. The summed E-state index contributed by atoms with van der Waals surface area (Å²) in [5.74, 6) is 0. The maximum absolute atomic E-state index is 9.91. The Morgan fingerprint density at radius 2 is 2.22 bits per heavy atom. The summed E-state index contributed by atoms with van der Waals surface area (Å²) in [4.78, 5) is 2.23. The molecule has 1 aromatic carbocycles. The first-order valence-corrected chi connectivity index (χ1v) is 7.27. The van der Waals surface area contributed by atoms with Crippen molar-refractivity contribution in [2.75, 3.05) is 18.1 Å². The van der Waals surface area contributed by atoms with Gasteiger partial charge in [0.2, 0.25) is 0 Å². The zero-order chi connectivity index (χ0) is 13.1. The summed E-state index contributed by atoms with van der Waals surface area (Å²) in [7, 11) is 0. The monoisotopic (exact) mass is 313 g/mol. The first-order valence-electron chi connectivity index (χ1n) is 6.48. The van der Waals surface area contributed by atoms with E-state index in [9.17, 15) is 10.2 Å². The Kier molecular flexibility index (Phi) is 4.65. The number of aliphatic hydroxyl groups is 2. The van der Waals surface area contributed by atoms with Gasteiger partial charge in [-0.3, -0.25) is 0 Å². The summed E-state index contributed by atoms with van der Waals surface area (Å²) < 4.78 is 0.972. The number of hydrogen-bond acceptors (Lipinski definition) is 3. The van der Waals surface area contributed by atoms with Crippen LogP contribution in [0.25, 0.3) is 0 Å². The van der Waals surface area contributed by atoms with Crippen molar-refractivity contribution >= 4 is 21.6 Å². The van der Waals surface area contributed by atoms with Crippen LogP contribution >= 0.6 is 15.9 Å². The Labute approximate surface area is 117 Å². The Bertz CT molecular complexity index is 409. The molecule has 1 fully saturated rings. The molecule has 18 heavy (non-hydrogen) atoms. The van der Waals surface area contributed by atoms with Crippen LogP contribution in [0.4, 0.5) is 5.69 Å². The highest BCUT2D eigenvalue weighted by Crippen LogP contribution is 2.33. The van der Waals surface area contributed by atoms with Crippen molar-refractivity contribution in [1.82, 2.24) is 0 Å². The van der Waals surface area contributed by atoms with E-state index in [0.717, 1.165) is 35.1 Å². The molecular formula is C14H20BrNO2. The zero-order valence-corrected chi connectivity index (χ0v) is 12.2. The topological polar surface area (TPSA) is 43.7 Å². The van der Waals surface area contributed by atoms with Gasteiger partial charge in [0.1, 0.15) is 0 Å². The van der Waals surface area contributed by atoms with Gasteiger partial charge in [0.15, 0.2) is 0 Å². The molecule has 1 heterocycles. The highest BCUT2D eigenvalue weighted by Gasteiger charge is 2.24. The number of piperidine rings is 1. The fraction of sp³-hybridized carbons (Fsp3) is 0.571. The van der Waals surface area contributed by atoms with E-state index in [0.29, 0.717) is 0 Å². The van der Waals surface area contributed by atoms with Crippen LogP contribution in [0.2, 0.25) is 0 Å². The van der Waals surface area contributed by atoms with Crippen LogP contribution in [0.5, 0.6) is 0 Å². The summed E-state index contributed by atoms with van der Waals surface area (Å²) in [6, 6.07) is 6.16. The molecule has 0 amide bonds. The summed E-state index contributed by atoms with van der Waals surface area (Å²) in [6.45, 7) is 2.91. The second-order valence-electron chi connectivity index (χ2n) is 4.90. The molecule has 2 unspecified atom stereocenters. The molecule has 2 N–H and O–H groups in total. The molecule has 100 valence electrons. The van der Waals surface area contributed by atoms with Crippen LogP contribution in [-0.4, -0.2) is 29.4 Å². The van der Waals surface area contributed by atoms with Crippen LogP contribution < -0.4 is 4.90 Å². The first kappa shape index (κ1) is 13.8. The van der Waals surface area contributed by atoms with E-state index >= 15 is 0 Å². The van der Waals surface area contributed by atoms with Crippen LogP contribution in [0, 0.1) is 0 Å². The molecule has 0 spiro atoms. The van der Waals surface area contributed by atoms with Gasteiger partial charge in [-0.2, -0.15) is 0 Å². The molecule has 0 bridgehead atoms. The lowest BCUT2D eigenvalue weighted by atomic mass is 9.99. The standard InChI is InChI=1S/C14H20BrNO2/c1-10(18)13-8-11(15)5-6-14(13)16-7-3-2-4-12(16)9-17/h5-6,8,10,12,17-18H,2-4,7,9H2,1H3. The van der Waals surface area contributed by atoms with E-state index in [2.05, 4.69) is 20.8 Å². The van der Waals surface area contributed by atoms with Crippen LogP contribution in [-0.2, 0) is 0 Å². The molecule has 1 saturated heterocycles. The molecule has 1 aliphatic rings. The maximum Gasteiger partial charge on any atom is 0.0782 e. The van der Waals surface area contributed by atoms with Crippen molar-refractivity contribution < 1.29 is 10.2 Å². The normalized spacial score (nSPS) is 22.0. The van der Waals surface area contributed by atoms with Gasteiger partial charge in [-0.05, 0) is 44.4 Å². The van der Waals surface area contributed by atoms with Crippen molar-refractivity contribution in [3.63, 3.8) is 0 Å². The van der Waals surface area contributed by atoms with Crippen molar-refractivity contribution in [3.05, 3.63) is 28.2 Å². The minimum absolute atomic E-state index is 0.176. The van der Waals surface area contributed by atoms with E-state index in [-0.39, 0.29) is 12.6 Å². The molecule has 0 saturated carbocycles. The van der Waals surface area contributed by atoms with Crippen molar-refractivity contribution in [2.45, 2.75) is 38.3 Å². The zero-order valence-electron chi connectivity index (χ0n) is 10.6. The Balaban J connectivity index is 2.36. The van der Waals surface area contributed by atoms with Gasteiger partial charge >= 0.3 is 0 Å². The number of nitrogens with zero attached hydrogens (tertiary/aromatic N) is 1. The number of anilines is 1. The van der Waals surface area contributed by atoms with E-state index in [1.165, 1.54) is 6.42 Å². The fourth-order valence-electron chi connectivity index (χ4n) is 2.63. The van der Waals surface area contributed by atoms with E-state index in [1.54, 1.807) is 6.92 Å². The summed E-state index contributed by atoms with van der Waals surface area (Å²) in [5.41, 5.74) is 1.97. The first-order chi connectivity index (χ1) is 8.63. The molecule has 1 aromatic rings. The molecule has 2 rings (SSSR count). The van der Waals surface area contributed by atoms with E-state index in [4.69, 9.17) is 0 Å². The summed E-state index contributed by atoms with van der Waals surface area (Å²) in [5, 5.41) is 19.4. The van der Waals surface area contributed by atoms with Gasteiger partial charge in [-0.25, -0.2) is 0 Å². The molecule has 4 heteroatoms.